The van der Waals surface area contributed by atoms with Gasteiger partial charge in [-0.15, -0.1) is 11.3 Å². The van der Waals surface area contributed by atoms with E-state index in [1.807, 2.05) is 5.38 Å². The van der Waals surface area contributed by atoms with Crippen molar-refractivity contribution in [2.24, 2.45) is 0 Å². The fourth-order valence-corrected chi connectivity index (χ4v) is 5.72. The highest BCUT2D eigenvalue weighted by molar-refractivity contribution is 7.92. The lowest BCUT2D eigenvalue weighted by molar-refractivity contribution is -0.182. The number of hydrogen-bond acceptors (Lipinski definition) is 7. The van der Waals surface area contributed by atoms with Crippen LogP contribution in [-0.4, -0.2) is 70.5 Å². The van der Waals surface area contributed by atoms with E-state index in [2.05, 4.69) is 0 Å². The molecule has 2 amide bonds. The van der Waals surface area contributed by atoms with Gasteiger partial charge in [-0.1, -0.05) is 0 Å². The maximum Gasteiger partial charge on any atom is 0.298 e. The Balaban J connectivity index is 0.000000817. The summed E-state index contributed by atoms with van der Waals surface area (Å²) in [4.78, 5) is 36.2. The minimum atomic E-state index is -1.57. The average Bonchev–Trinajstić information content (AvgIpc) is 3.13. The average molecular weight is 416 g/mol. The van der Waals surface area contributed by atoms with Crippen molar-refractivity contribution in [3.05, 3.63) is 29.3 Å². The van der Waals surface area contributed by atoms with Gasteiger partial charge >= 0.3 is 0 Å². The molecule has 0 bridgehead atoms. The van der Waals surface area contributed by atoms with E-state index < -0.39 is 28.2 Å². The number of ether oxygens (including phenoxy) is 2. The third-order valence-electron chi connectivity index (χ3n) is 4.04. The molecule has 11 heteroatoms. The Morgan fingerprint density at radius 2 is 2.26 bits per heavy atom. The van der Waals surface area contributed by atoms with Crippen LogP contribution in [0.3, 0.4) is 0 Å². The first-order chi connectivity index (χ1) is 12.9. The molecule has 0 aromatic carbocycles. The molecule has 27 heavy (non-hydrogen) atoms. The van der Waals surface area contributed by atoms with Crippen molar-refractivity contribution < 1.29 is 33.5 Å². The minimum Gasteiger partial charge on any atom is -0.614 e. The predicted octanol–water partition coefficient (Wildman–Crippen LogP) is 0.605. The van der Waals surface area contributed by atoms with Crippen molar-refractivity contribution in [1.82, 2.24) is 4.90 Å². The first-order valence-corrected chi connectivity index (χ1v) is 10.0. The summed E-state index contributed by atoms with van der Waals surface area (Å²) in [7, 11) is 2.91. The zero-order chi connectivity index (χ0) is 20.2. The highest BCUT2D eigenvalue weighted by Gasteiger charge is 2.73. The summed E-state index contributed by atoms with van der Waals surface area (Å²) in [5.74, 6) is -0.458. The highest BCUT2D eigenvalue weighted by atomic mass is 32.2. The number of hydrogen-bond donors (Lipinski definition) is 1. The first kappa shape index (κ1) is 21.4. The molecule has 0 radical (unpaired) electrons. The second-order valence-electron chi connectivity index (χ2n) is 5.62. The Morgan fingerprint density at radius 1 is 1.59 bits per heavy atom. The van der Waals surface area contributed by atoms with Crippen LogP contribution in [0.15, 0.2) is 29.3 Å². The lowest BCUT2D eigenvalue weighted by Crippen LogP contribution is -2.83. The summed E-state index contributed by atoms with van der Waals surface area (Å²) in [6.07, 6.45) is 1.65. The monoisotopic (exact) mass is 416 g/mol. The highest BCUT2D eigenvalue weighted by Crippen LogP contribution is 2.46. The number of carboxylic acid groups (broad SMARTS) is 1. The standard InChI is InChI=1S/C15H18N2O5S2.CH2O2/c1-10(18)17(12-5-4-6-23-12)15(22-3)13(19)16-7-11(8-21-2)9-24(20)14(15)16;2-1-3/h4-7,14H,8-9H2,1-3H3;1H,(H,2,3)/t14-,15?,24?;/m1./s1. The largest absolute Gasteiger partial charge is 0.614 e. The molecular formula is C16H20N2O7S2. The molecular weight excluding hydrogens is 396 g/mol. The van der Waals surface area contributed by atoms with Crippen molar-refractivity contribution in [3.8, 4) is 0 Å². The van der Waals surface area contributed by atoms with Crippen LogP contribution in [-0.2, 0) is 35.0 Å². The molecule has 2 aliphatic heterocycles. The molecule has 0 saturated carbocycles. The Kier molecular flexibility index (Phi) is 7.00. The third-order valence-corrected chi connectivity index (χ3v) is 6.59. The van der Waals surface area contributed by atoms with E-state index in [-0.39, 0.29) is 18.1 Å². The van der Waals surface area contributed by atoms with Gasteiger partial charge in [-0.05, 0) is 28.7 Å². The SMILES string of the molecule is COCC1=CN2C(=O)C(OC)(N(C(C)=O)c3cccs3)[C@H]2[S+]([O-])C1.O=CO. The number of nitrogens with zero attached hydrogens (tertiary/aromatic N) is 2. The Hall–Kier alpha value is -1.92. The summed E-state index contributed by atoms with van der Waals surface area (Å²) in [5, 5.41) is 8.55. The molecule has 2 unspecified atom stereocenters. The molecule has 0 spiro atoms. The third kappa shape index (κ3) is 3.60. The van der Waals surface area contributed by atoms with Crippen LogP contribution >= 0.6 is 11.3 Å². The van der Waals surface area contributed by atoms with Crippen LogP contribution in [0.1, 0.15) is 6.92 Å². The summed E-state index contributed by atoms with van der Waals surface area (Å²) >= 11 is -0.0838. The minimum absolute atomic E-state index is 0.250. The molecule has 1 aromatic rings. The van der Waals surface area contributed by atoms with Crippen LogP contribution in [0.5, 0.6) is 0 Å². The fourth-order valence-electron chi connectivity index (χ4n) is 3.15. The summed E-state index contributed by atoms with van der Waals surface area (Å²) in [6.45, 7) is 1.43. The van der Waals surface area contributed by atoms with E-state index in [0.29, 0.717) is 11.6 Å². The summed E-state index contributed by atoms with van der Waals surface area (Å²) < 4.78 is 23.4. The van der Waals surface area contributed by atoms with Crippen molar-refractivity contribution in [2.75, 3.05) is 31.5 Å². The van der Waals surface area contributed by atoms with Gasteiger partial charge in [0.1, 0.15) is 10.8 Å². The smallest absolute Gasteiger partial charge is 0.298 e. The lowest BCUT2D eigenvalue weighted by atomic mass is 9.99. The van der Waals surface area contributed by atoms with Gasteiger partial charge in [0, 0.05) is 32.9 Å². The van der Waals surface area contributed by atoms with E-state index in [9.17, 15) is 14.1 Å². The van der Waals surface area contributed by atoms with Gasteiger partial charge in [0.2, 0.25) is 5.91 Å². The molecule has 3 heterocycles. The quantitative estimate of drug-likeness (QED) is 0.323. The molecule has 3 rings (SSSR count). The van der Waals surface area contributed by atoms with Crippen LogP contribution in [0.2, 0.25) is 0 Å². The van der Waals surface area contributed by atoms with Gasteiger partial charge < -0.3 is 19.1 Å². The number of carbonyl (C=O) groups excluding carboxylic acids is 2. The zero-order valence-corrected chi connectivity index (χ0v) is 16.6. The number of amides is 2. The van der Waals surface area contributed by atoms with Gasteiger partial charge in [-0.25, -0.2) is 0 Å². The van der Waals surface area contributed by atoms with Crippen molar-refractivity contribution >= 4 is 45.8 Å². The topological polar surface area (TPSA) is 119 Å². The molecule has 1 aromatic heterocycles. The zero-order valence-electron chi connectivity index (χ0n) is 15.0. The molecule has 9 nitrogen and oxygen atoms in total. The molecule has 2 aliphatic rings. The number of rotatable bonds is 5. The molecule has 1 fully saturated rings. The van der Waals surface area contributed by atoms with Crippen LogP contribution in [0, 0.1) is 0 Å². The van der Waals surface area contributed by atoms with E-state index in [4.69, 9.17) is 19.4 Å². The second kappa shape index (κ2) is 8.85. The van der Waals surface area contributed by atoms with Gasteiger partial charge in [-0.2, -0.15) is 0 Å². The van der Waals surface area contributed by atoms with Crippen LogP contribution < -0.4 is 4.90 Å². The van der Waals surface area contributed by atoms with E-state index in [1.54, 1.807) is 25.4 Å². The summed E-state index contributed by atoms with van der Waals surface area (Å²) in [5.41, 5.74) is -0.799. The van der Waals surface area contributed by atoms with E-state index >= 15 is 0 Å². The maximum absolute atomic E-state index is 12.9. The summed E-state index contributed by atoms with van der Waals surface area (Å²) in [6, 6.07) is 3.52. The number of anilines is 1. The number of fused-ring (bicyclic) bond motifs is 1. The molecule has 1 N–H and O–H groups in total. The number of thiophene rings is 1. The molecule has 1 saturated heterocycles. The van der Waals surface area contributed by atoms with Gasteiger partial charge in [0.25, 0.3) is 23.5 Å². The maximum atomic E-state index is 12.9. The Bertz CT molecular complexity index is 724. The van der Waals surface area contributed by atoms with Gasteiger partial charge in [0.05, 0.1) is 6.61 Å². The van der Waals surface area contributed by atoms with Crippen molar-refractivity contribution in [2.45, 2.75) is 18.0 Å². The fraction of sp³-hybridized carbons (Fsp3) is 0.438. The normalized spacial score (nSPS) is 26.1. The van der Waals surface area contributed by atoms with Crippen molar-refractivity contribution in [3.63, 3.8) is 0 Å². The van der Waals surface area contributed by atoms with Crippen LogP contribution in [0.25, 0.3) is 0 Å². The number of carbonyl (C=O) groups is 3. The first-order valence-electron chi connectivity index (χ1n) is 7.74. The van der Waals surface area contributed by atoms with Crippen molar-refractivity contribution in [1.29, 1.82) is 0 Å². The predicted molar refractivity (Wildman–Crippen MR) is 99.5 cm³/mol. The van der Waals surface area contributed by atoms with E-state index in [0.717, 1.165) is 5.57 Å². The van der Waals surface area contributed by atoms with E-state index in [1.165, 1.54) is 35.2 Å². The lowest BCUT2D eigenvalue weighted by Gasteiger charge is -2.56. The molecule has 148 valence electrons. The Morgan fingerprint density at radius 3 is 2.74 bits per heavy atom. The Labute approximate surface area is 163 Å². The number of methoxy groups -OCH3 is 2. The van der Waals surface area contributed by atoms with Gasteiger partial charge in [-0.3, -0.25) is 24.2 Å². The molecule has 3 atom stereocenters. The second-order valence-corrected chi connectivity index (χ2v) is 8.04. The number of β-lactam (4-membered cyclic amide) rings is 1. The van der Waals surface area contributed by atoms with Gasteiger partial charge in [0.15, 0.2) is 0 Å². The van der Waals surface area contributed by atoms with Crippen LogP contribution in [0.4, 0.5) is 5.00 Å². The molecule has 0 aliphatic carbocycles.